The molecule has 2 N–H and O–H groups in total. The van der Waals surface area contributed by atoms with Gasteiger partial charge in [-0.05, 0) is 25.0 Å². The van der Waals surface area contributed by atoms with Crippen LogP contribution in [0.1, 0.15) is 33.7 Å². The fourth-order valence-electron chi connectivity index (χ4n) is 1.95. The van der Waals surface area contributed by atoms with Crippen molar-refractivity contribution < 1.29 is 18.9 Å². The van der Waals surface area contributed by atoms with Crippen LogP contribution in [0.5, 0.6) is 0 Å². The number of hydrogen-bond acceptors (Lipinski definition) is 4. The topological polar surface area (TPSA) is 96.4 Å². The van der Waals surface area contributed by atoms with Crippen molar-refractivity contribution in [3.8, 4) is 0 Å². The second kappa shape index (κ2) is 5.92. The number of hydrogen-bond donors (Lipinski definition) is 2. The zero-order chi connectivity index (χ0) is 13.8. The zero-order valence-electron chi connectivity index (χ0n) is 10.2. The van der Waals surface area contributed by atoms with Crippen LogP contribution < -0.4 is 5.32 Å². The lowest BCUT2D eigenvalue weighted by atomic mass is 10.1. The van der Waals surface area contributed by atoms with Crippen LogP contribution in [0.3, 0.4) is 0 Å². The second-order valence-electron chi connectivity index (χ2n) is 4.30. The molecule has 1 aromatic heterocycles. The highest BCUT2D eigenvalue weighted by Gasteiger charge is 2.23. The number of rotatable bonds is 3. The summed E-state index contributed by atoms with van der Waals surface area (Å²) in [6.07, 6.45) is 2.68. The van der Waals surface area contributed by atoms with Crippen molar-refractivity contribution >= 4 is 22.7 Å². The van der Waals surface area contributed by atoms with Crippen molar-refractivity contribution in [1.29, 1.82) is 0 Å². The number of amides is 1. The number of aromatic nitrogens is 1. The standard InChI is InChI=1S/C12H14N2O4S/c15-11(14-8-3-6-19(18)7-4-8)10-9(12(16)17)2-1-5-13-10/h1-2,5,8H,3-4,6-7H2,(H,14,15)(H,16,17). The highest BCUT2D eigenvalue weighted by Crippen LogP contribution is 2.11. The molecular formula is C12H14N2O4S. The highest BCUT2D eigenvalue weighted by atomic mass is 32.2. The van der Waals surface area contributed by atoms with Crippen molar-refractivity contribution in [1.82, 2.24) is 10.3 Å². The predicted molar refractivity (Wildman–Crippen MR) is 69.6 cm³/mol. The quantitative estimate of drug-likeness (QED) is 0.837. The first kappa shape index (κ1) is 13.7. The molecule has 1 saturated heterocycles. The molecule has 6 nitrogen and oxygen atoms in total. The Hall–Kier alpha value is -1.76. The summed E-state index contributed by atoms with van der Waals surface area (Å²) in [6, 6.07) is 2.76. The Balaban J connectivity index is 2.08. The van der Waals surface area contributed by atoms with E-state index < -0.39 is 22.7 Å². The third-order valence-electron chi connectivity index (χ3n) is 2.98. The summed E-state index contributed by atoms with van der Waals surface area (Å²) in [5.41, 5.74) is -0.193. The van der Waals surface area contributed by atoms with E-state index in [0.29, 0.717) is 24.3 Å². The lowest BCUT2D eigenvalue weighted by Gasteiger charge is -2.22. The van der Waals surface area contributed by atoms with Gasteiger partial charge in [0, 0.05) is 34.5 Å². The number of carboxylic acid groups (broad SMARTS) is 1. The molecule has 2 rings (SSSR count). The van der Waals surface area contributed by atoms with Crippen LogP contribution in [0, 0.1) is 0 Å². The van der Waals surface area contributed by atoms with E-state index in [0.717, 1.165) is 0 Å². The van der Waals surface area contributed by atoms with Crippen molar-refractivity contribution in [2.24, 2.45) is 0 Å². The Morgan fingerprint density at radius 1 is 1.37 bits per heavy atom. The highest BCUT2D eigenvalue weighted by molar-refractivity contribution is 7.85. The van der Waals surface area contributed by atoms with Gasteiger partial charge >= 0.3 is 5.97 Å². The molecule has 0 unspecified atom stereocenters. The molecule has 1 aliphatic rings. The largest absolute Gasteiger partial charge is 0.478 e. The Labute approximate surface area is 112 Å². The zero-order valence-corrected chi connectivity index (χ0v) is 11.0. The van der Waals surface area contributed by atoms with E-state index in [1.807, 2.05) is 0 Å². The molecule has 102 valence electrons. The number of nitrogens with zero attached hydrogens (tertiary/aromatic N) is 1. The maximum absolute atomic E-state index is 12.0. The molecule has 0 aromatic carbocycles. The van der Waals surface area contributed by atoms with Crippen LogP contribution >= 0.6 is 0 Å². The molecule has 2 heterocycles. The summed E-state index contributed by atoms with van der Waals surface area (Å²) in [5, 5.41) is 11.7. The van der Waals surface area contributed by atoms with Gasteiger partial charge in [0.25, 0.3) is 5.91 Å². The Morgan fingerprint density at radius 3 is 2.68 bits per heavy atom. The number of carbonyl (C=O) groups excluding carboxylic acids is 1. The van der Waals surface area contributed by atoms with E-state index in [2.05, 4.69) is 10.3 Å². The average Bonchev–Trinajstić information content (AvgIpc) is 2.41. The van der Waals surface area contributed by atoms with Crippen LogP contribution in [-0.2, 0) is 10.8 Å². The fourth-order valence-corrected chi connectivity index (χ4v) is 3.25. The normalized spacial score (nSPS) is 22.7. The van der Waals surface area contributed by atoms with Crippen LogP contribution in [0.4, 0.5) is 0 Å². The van der Waals surface area contributed by atoms with Crippen molar-refractivity contribution in [3.05, 3.63) is 29.6 Å². The SMILES string of the molecule is O=C(O)c1cccnc1C(=O)NC1CCS(=O)CC1. The molecule has 0 bridgehead atoms. The molecule has 19 heavy (non-hydrogen) atoms. The first-order valence-corrected chi connectivity index (χ1v) is 7.41. The van der Waals surface area contributed by atoms with Gasteiger partial charge in [-0.3, -0.25) is 14.0 Å². The van der Waals surface area contributed by atoms with Crippen LogP contribution in [0.25, 0.3) is 0 Å². The lowest BCUT2D eigenvalue weighted by molar-refractivity contribution is 0.0689. The van der Waals surface area contributed by atoms with Gasteiger partial charge in [0.2, 0.25) is 0 Å². The summed E-state index contributed by atoms with van der Waals surface area (Å²) < 4.78 is 11.2. The third kappa shape index (κ3) is 3.37. The van der Waals surface area contributed by atoms with E-state index in [4.69, 9.17) is 5.11 Å². The van der Waals surface area contributed by atoms with E-state index in [9.17, 15) is 13.8 Å². The molecule has 1 fully saturated rings. The summed E-state index contributed by atoms with van der Waals surface area (Å²) >= 11 is 0. The minimum atomic E-state index is -1.18. The van der Waals surface area contributed by atoms with Crippen LogP contribution in [0.2, 0.25) is 0 Å². The summed E-state index contributed by atoms with van der Waals surface area (Å²) in [7, 11) is -0.793. The van der Waals surface area contributed by atoms with Crippen LogP contribution in [-0.4, -0.2) is 43.7 Å². The molecule has 0 saturated carbocycles. The van der Waals surface area contributed by atoms with Crippen LogP contribution in [0.15, 0.2) is 18.3 Å². The molecule has 0 spiro atoms. The number of carbonyl (C=O) groups is 2. The van der Waals surface area contributed by atoms with Crippen molar-refractivity contribution in [2.75, 3.05) is 11.5 Å². The van der Waals surface area contributed by atoms with E-state index in [1.165, 1.54) is 18.3 Å². The number of pyridine rings is 1. The Morgan fingerprint density at radius 2 is 2.05 bits per heavy atom. The molecule has 7 heteroatoms. The molecule has 0 aliphatic carbocycles. The van der Waals surface area contributed by atoms with Gasteiger partial charge in [-0.25, -0.2) is 4.79 Å². The summed E-state index contributed by atoms with van der Waals surface area (Å²) in [6.45, 7) is 0. The predicted octanol–water partition coefficient (Wildman–Crippen LogP) is 0.421. The van der Waals surface area contributed by atoms with Gasteiger partial charge in [0.1, 0.15) is 5.69 Å². The minimum absolute atomic E-state index is 0.0612. The maximum atomic E-state index is 12.0. The fraction of sp³-hybridized carbons (Fsp3) is 0.417. The van der Waals surface area contributed by atoms with E-state index in [1.54, 1.807) is 0 Å². The number of nitrogens with one attached hydrogen (secondary N) is 1. The maximum Gasteiger partial charge on any atom is 0.338 e. The first-order valence-electron chi connectivity index (χ1n) is 5.92. The van der Waals surface area contributed by atoms with E-state index >= 15 is 0 Å². The summed E-state index contributed by atoms with van der Waals surface area (Å²) in [5.74, 6) is -0.531. The van der Waals surface area contributed by atoms with Gasteiger partial charge in [-0.1, -0.05) is 0 Å². The lowest BCUT2D eigenvalue weighted by Crippen LogP contribution is -2.40. The average molecular weight is 282 g/mol. The monoisotopic (exact) mass is 282 g/mol. The number of aromatic carboxylic acids is 1. The number of carboxylic acids is 1. The minimum Gasteiger partial charge on any atom is -0.478 e. The van der Waals surface area contributed by atoms with Crippen molar-refractivity contribution in [3.63, 3.8) is 0 Å². The van der Waals surface area contributed by atoms with Crippen molar-refractivity contribution in [2.45, 2.75) is 18.9 Å². The smallest absolute Gasteiger partial charge is 0.338 e. The van der Waals surface area contributed by atoms with Gasteiger partial charge in [-0.15, -0.1) is 0 Å². The second-order valence-corrected chi connectivity index (χ2v) is 6.00. The summed E-state index contributed by atoms with van der Waals surface area (Å²) in [4.78, 5) is 26.8. The molecule has 1 aromatic rings. The Bertz CT molecular complexity index is 522. The third-order valence-corrected chi connectivity index (χ3v) is 4.36. The molecule has 0 radical (unpaired) electrons. The van der Waals surface area contributed by atoms with Gasteiger partial charge in [0.15, 0.2) is 0 Å². The molecule has 1 aliphatic heterocycles. The van der Waals surface area contributed by atoms with Gasteiger partial charge in [0.05, 0.1) is 5.56 Å². The Kier molecular flexibility index (Phi) is 4.26. The van der Waals surface area contributed by atoms with E-state index in [-0.39, 0.29) is 17.3 Å². The molecule has 0 atom stereocenters. The first-order chi connectivity index (χ1) is 9.08. The molecular weight excluding hydrogens is 268 g/mol. The molecule has 1 amide bonds. The van der Waals surface area contributed by atoms with Gasteiger partial charge < -0.3 is 10.4 Å². The van der Waals surface area contributed by atoms with Gasteiger partial charge in [-0.2, -0.15) is 0 Å².